The summed E-state index contributed by atoms with van der Waals surface area (Å²) in [5.41, 5.74) is 7.34. The highest BCUT2D eigenvalue weighted by Gasteiger charge is 2.25. The van der Waals surface area contributed by atoms with Gasteiger partial charge in [0.2, 0.25) is 0 Å². The second-order valence-corrected chi connectivity index (χ2v) is 6.89. The van der Waals surface area contributed by atoms with E-state index in [1.807, 2.05) is 0 Å². The number of fused-ring (bicyclic) bond motifs is 5. The summed E-state index contributed by atoms with van der Waals surface area (Å²) in [4.78, 5) is 2.62. The van der Waals surface area contributed by atoms with Crippen molar-refractivity contribution in [3.05, 3.63) is 59.7 Å². The van der Waals surface area contributed by atoms with Gasteiger partial charge in [-0.3, -0.25) is 0 Å². The highest BCUT2D eigenvalue weighted by molar-refractivity contribution is 5.94. The average Bonchev–Trinajstić information content (AvgIpc) is 3.28. The quantitative estimate of drug-likeness (QED) is 0.547. The van der Waals surface area contributed by atoms with Crippen LogP contribution >= 0.6 is 0 Å². The monoisotopic (exact) mass is 302 g/mol. The minimum absolute atomic E-state index is 1.02. The molecule has 0 amide bonds. The predicted molar refractivity (Wildman–Crippen MR) is 95.9 cm³/mol. The van der Waals surface area contributed by atoms with Gasteiger partial charge in [0, 0.05) is 29.6 Å². The Morgan fingerprint density at radius 2 is 1.65 bits per heavy atom. The molecule has 116 valence electrons. The van der Waals surface area contributed by atoms with Gasteiger partial charge in [-0.2, -0.15) is 0 Å². The first kappa shape index (κ1) is 13.4. The van der Waals surface area contributed by atoms with Crippen LogP contribution in [0, 0.1) is 0 Å². The zero-order valence-electron chi connectivity index (χ0n) is 13.5. The van der Waals surface area contributed by atoms with E-state index in [4.69, 9.17) is 0 Å². The number of hydrogen-bond acceptors (Lipinski definition) is 1. The molecule has 1 saturated heterocycles. The minimum Gasteiger partial charge on any atom is -0.336 e. The van der Waals surface area contributed by atoms with Gasteiger partial charge in [0.25, 0.3) is 0 Å². The Bertz CT molecular complexity index is 869. The smallest absolute Gasteiger partial charge is 0.0531 e. The molecule has 0 aliphatic carbocycles. The zero-order valence-corrected chi connectivity index (χ0v) is 13.5. The third kappa shape index (κ3) is 2.05. The maximum absolute atomic E-state index is 2.62. The van der Waals surface area contributed by atoms with Crippen molar-refractivity contribution in [2.45, 2.75) is 25.8 Å². The number of nitrogens with zero attached hydrogens (tertiary/aromatic N) is 2. The van der Waals surface area contributed by atoms with Crippen LogP contribution < -0.4 is 0 Å². The number of hydrogen-bond donors (Lipinski definition) is 0. The molecule has 1 fully saturated rings. The van der Waals surface area contributed by atoms with E-state index in [1.165, 1.54) is 60.2 Å². The Balaban J connectivity index is 1.63. The van der Waals surface area contributed by atoms with Crippen LogP contribution in [0.3, 0.4) is 0 Å². The van der Waals surface area contributed by atoms with Crippen molar-refractivity contribution in [2.24, 2.45) is 0 Å². The fourth-order valence-electron chi connectivity index (χ4n) is 4.44. The van der Waals surface area contributed by atoms with E-state index in [9.17, 15) is 0 Å². The van der Waals surface area contributed by atoms with Crippen molar-refractivity contribution in [3.63, 3.8) is 0 Å². The van der Waals surface area contributed by atoms with Crippen LogP contribution in [0.1, 0.15) is 24.0 Å². The van der Waals surface area contributed by atoms with Gasteiger partial charge in [-0.25, -0.2) is 0 Å². The molecule has 23 heavy (non-hydrogen) atoms. The maximum atomic E-state index is 2.62. The van der Waals surface area contributed by atoms with E-state index in [1.54, 1.807) is 5.56 Å². The topological polar surface area (TPSA) is 8.17 Å². The van der Waals surface area contributed by atoms with Crippen LogP contribution in [0.25, 0.3) is 22.2 Å². The molecule has 0 saturated carbocycles. The standard InChI is InChI=1S/C21H22N2/c1-2-8-17-16(7-1)15-23-20-10-4-3-9-18(20)19(21(17)23)11-14-22-12-5-6-13-22/h1-4,7-10H,5-6,11-15H2. The molecule has 0 atom stereocenters. The lowest BCUT2D eigenvalue weighted by Crippen LogP contribution is -2.22. The highest BCUT2D eigenvalue weighted by atomic mass is 15.1. The third-order valence-electron chi connectivity index (χ3n) is 5.55. The van der Waals surface area contributed by atoms with Crippen molar-refractivity contribution in [3.8, 4) is 11.3 Å². The molecule has 1 aromatic heterocycles. The molecule has 3 aromatic rings. The lowest BCUT2D eigenvalue weighted by Gasteiger charge is -2.14. The van der Waals surface area contributed by atoms with Crippen molar-refractivity contribution < 1.29 is 0 Å². The number of rotatable bonds is 3. The van der Waals surface area contributed by atoms with Crippen molar-refractivity contribution in [2.75, 3.05) is 19.6 Å². The van der Waals surface area contributed by atoms with Crippen molar-refractivity contribution >= 4 is 10.9 Å². The van der Waals surface area contributed by atoms with E-state index < -0.39 is 0 Å². The minimum atomic E-state index is 1.02. The molecule has 0 bridgehead atoms. The summed E-state index contributed by atoms with van der Waals surface area (Å²) in [5, 5.41) is 1.45. The summed E-state index contributed by atoms with van der Waals surface area (Å²) < 4.78 is 2.53. The molecule has 2 aliphatic rings. The molecule has 3 heterocycles. The average molecular weight is 302 g/mol. The van der Waals surface area contributed by atoms with Gasteiger partial charge >= 0.3 is 0 Å². The first-order chi connectivity index (χ1) is 11.4. The largest absolute Gasteiger partial charge is 0.336 e. The fourth-order valence-corrected chi connectivity index (χ4v) is 4.44. The summed E-state index contributed by atoms with van der Waals surface area (Å²) in [6.07, 6.45) is 3.91. The molecule has 0 spiro atoms. The van der Waals surface area contributed by atoms with Gasteiger partial charge in [-0.05, 0) is 49.5 Å². The number of para-hydroxylation sites is 1. The molecule has 2 aromatic carbocycles. The van der Waals surface area contributed by atoms with Crippen molar-refractivity contribution in [1.82, 2.24) is 9.47 Å². The van der Waals surface area contributed by atoms with Crippen LogP contribution in [0.2, 0.25) is 0 Å². The number of aromatic nitrogens is 1. The summed E-state index contributed by atoms with van der Waals surface area (Å²) in [6.45, 7) is 4.79. The number of likely N-dealkylation sites (tertiary alicyclic amines) is 1. The van der Waals surface area contributed by atoms with Crippen LogP contribution in [0.15, 0.2) is 48.5 Å². The van der Waals surface area contributed by atoms with Gasteiger partial charge < -0.3 is 9.47 Å². The SMILES string of the molecule is c1ccc2c(c1)Cn1c-2c(CCN2CCCC2)c2ccccc21. The second kappa shape index (κ2) is 5.24. The van der Waals surface area contributed by atoms with E-state index in [-0.39, 0.29) is 0 Å². The van der Waals surface area contributed by atoms with Crippen LogP contribution in [0.5, 0.6) is 0 Å². The lowest BCUT2D eigenvalue weighted by molar-refractivity contribution is 0.344. The van der Waals surface area contributed by atoms with E-state index in [0.29, 0.717) is 0 Å². The fraction of sp³-hybridized carbons (Fsp3) is 0.333. The Morgan fingerprint density at radius 3 is 2.57 bits per heavy atom. The van der Waals surface area contributed by atoms with Gasteiger partial charge in [0.1, 0.15) is 0 Å². The maximum Gasteiger partial charge on any atom is 0.0531 e. The highest BCUT2D eigenvalue weighted by Crippen LogP contribution is 2.41. The van der Waals surface area contributed by atoms with Crippen molar-refractivity contribution in [1.29, 1.82) is 0 Å². The molecule has 2 heteroatoms. The molecular weight excluding hydrogens is 280 g/mol. The summed E-state index contributed by atoms with van der Waals surface area (Å²) >= 11 is 0. The molecule has 0 radical (unpaired) electrons. The van der Waals surface area contributed by atoms with Crippen LogP contribution in [-0.4, -0.2) is 29.1 Å². The summed E-state index contributed by atoms with van der Waals surface area (Å²) in [7, 11) is 0. The Labute approximate surface area is 137 Å². The van der Waals surface area contributed by atoms with E-state index >= 15 is 0 Å². The summed E-state index contributed by atoms with van der Waals surface area (Å²) in [6, 6.07) is 17.9. The first-order valence-electron chi connectivity index (χ1n) is 8.82. The Kier molecular flexibility index (Phi) is 3.05. The summed E-state index contributed by atoms with van der Waals surface area (Å²) in [5.74, 6) is 0. The first-order valence-corrected chi connectivity index (χ1v) is 8.82. The third-order valence-corrected chi connectivity index (χ3v) is 5.55. The molecule has 2 nitrogen and oxygen atoms in total. The molecule has 0 unspecified atom stereocenters. The molecular formula is C21H22N2. The van der Waals surface area contributed by atoms with Gasteiger partial charge in [0.05, 0.1) is 5.69 Å². The van der Waals surface area contributed by atoms with Gasteiger partial charge in [0.15, 0.2) is 0 Å². The Hall–Kier alpha value is -2.06. The normalized spacial score (nSPS) is 16.9. The second-order valence-electron chi connectivity index (χ2n) is 6.89. The predicted octanol–water partition coefficient (Wildman–Crippen LogP) is 4.31. The van der Waals surface area contributed by atoms with Crippen LogP contribution in [0.4, 0.5) is 0 Å². The molecule has 5 rings (SSSR count). The molecule has 0 N–H and O–H groups in total. The Morgan fingerprint density at radius 1 is 0.870 bits per heavy atom. The van der Waals surface area contributed by atoms with Gasteiger partial charge in [-0.15, -0.1) is 0 Å². The number of benzene rings is 2. The van der Waals surface area contributed by atoms with E-state index in [2.05, 4.69) is 58.0 Å². The lowest BCUT2D eigenvalue weighted by atomic mass is 10.00. The van der Waals surface area contributed by atoms with Gasteiger partial charge in [-0.1, -0.05) is 42.5 Å². The van der Waals surface area contributed by atoms with E-state index in [0.717, 1.165) is 13.0 Å². The zero-order chi connectivity index (χ0) is 15.2. The molecule has 2 aliphatic heterocycles. The van der Waals surface area contributed by atoms with Crippen LogP contribution in [-0.2, 0) is 13.0 Å².